The highest BCUT2D eigenvalue weighted by Crippen LogP contribution is 2.37. The van der Waals surface area contributed by atoms with E-state index in [-0.39, 0.29) is 30.0 Å². The lowest BCUT2D eigenvalue weighted by molar-refractivity contribution is -0.136. The van der Waals surface area contributed by atoms with Gasteiger partial charge in [-0.05, 0) is 18.3 Å². The van der Waals surface area contributed by atoms with E-state index in [0.29, 0.717) is 25.7 Å². The van der Waals surface area contributed by atoms with Crippen LogP contribution < -0.4 is 0 Å². The molecule has 0 aliphatic heterocycles. The SMILES string of the molecule is CCC(O)/C=C/C1C(C)CC(=O)C1CC#CCCC(=O)O. The number of carboxylic acid groups (broad SMARTS) is 1. The molecule has 0 aromatic heterocycles. The highest BCUT2D eigenvalue weighted by Gasteiger charge is 2.37. The van der Waals surface area contributed by atoms with E-state index in [1.807, 2.05) is 19.9 Å². The van der Waals surface area contributed by atoms with Crippen molar-refractivity contribution in [2.45, 2.75) is 52.1 Å². The highest BCUT2D eigenvalue weighted by molar-refractivity contribution is 5.84. The third kappa shape index (κ3) is 5.73. The number of carboxylic acids is 1. The number of allylic oxidation sites excluding steroid dienone is 1. The van der Waals surface area contributed by atoms with Gasteiger partial charge in [0.1, 0.15) is 5.78 Å². The molecule has 4 nitrogen and oxygen atoms in total. The summed E-state index contributed by atoms with van der Waals surface area (Å²) in [4.78, 5) is 22.4. The van der Waals surface area contributed by atoms with E-state index in [2.05, 4.69) is 11.8 Å². The molecule has 0 spiro atoms. The van der Waals surface area contributed by atoms with Gasteiger partial charge in [0.15, 0.2) is 0 Å². The first-order valence-corrected chi connectivity index (χ1v) is 7.52. The maximum atomic E-state index is 12.0. The predicted octanol–water partition coefficient (Wildman–Crippen LogP) is 2.41. The molecule has 2 N–H and O–H groups in total. The molecule has 0 saturated heterocycles. The van der Waals surface area contributed by atoms with Crippen molar-refractivity contribution in [3.05, 3.63) is 12.2 Å². The first-order chi connectivity index (χ1) is 9.95. The van der Waals surface area contributed by atoms with E-state index < -0.39 is 12.1 Å². The number of aliphatic hydroxyl groups is 1. The van der Waals surface area contributed by atoms with Crippen molar-refractivity contribution in [2.75, 3.05) is 0 Å². The Kier molecular flexibility index (Phi) is 7.18. The lowest BCUT2D eigenvalue weighted by Crippen LogP contribution is -2.15. The second kappa shape index (κ2) is 8.63. The van der Waals surface area contributed by atoms with Gasteiger partial charge in [-0.3, -0.25) is 9.59 Å². The molecule has 116 valence electrons. The molecule has 4 atom stereocenters. The summed E-state index contributed by atoms with van der Waals surface area (Å²) in [6, 6.07) is 0. The van der Waals surface area contributed by atoms with Crippen LogP contribution in [0.4, 0.5) is 0 Å². The monoisotopic (exact) mass is 292 g/mol. The Morgan fingerprint density at radius 2 is 2.19 bits per heavy atom. The summed E-state index contributed by atoms with van der Waals surface area (Å²) in [5, 5.41) is 18.1. The minimum absolute atomic E-state index is 0.0358. The fraction of sp³-hybridized carbons (Fsp3) is 0.647. The quantitative estimate of drug-likeness (QED) is 0.582. The van der Waals surface area contributed by atoms with E-state index in [9.17, 15) is 14.7 Å². The lowest BCUT2D eigenvalue weighted by atomic mass is 9.87. The minimum Gasteiger partial charge on any atom is -0.481 e. The van der Waals surface area contributed by atoms with Crippen molar-refractivity contribution < 1.29 is 19.8 Å². The van der Waals surface area contributed by atoms with Crippen LogP contribution in [0, 0.1) is 29.6 Å². The smallest absolute Gasteiger partial charge is 0.304 e. The van der Waals surface area contributed by atoms with Crippen LogP contribution in [0.15, 0.2) is 12.2 Å². The number of carbonyl (C=O) groups is 2. The van der Waals surface area contributed by atoms with Gasteiger partial charge in [-0.2, -0.15) is 0 Å². The average molecular weight is 292 g/mol. The van der Waals surface area contributed by atoms with Crippen LogP contribution in [0.3, 0.4) is 0 Å². The lowest BCUT2D eigenvalue weighted by Gasteiger charge is -2.16. The minimum atomic E-state index is -0.857. The number of ketones is 1. The highest BCUT2D eigenvalue weighted by atomic mass is 16.4. The van der Waals surface area contributed by atoms with Gasteiger partial charge in [0.05, 0.1) is 12.5 Å². The zero-order valence-corrected chi connectivity index (χ0v) is 12.7. The standard InChI is InChI=1S/C17H24O4/c1-3-13(18)9-10-14-12(2)11-16(19)15(14)7-5-4-6-8-17(20)21/h9-10,12-15,18H,3,6-8,11H2,1-2H3,(H,20,21)/b10-9+. The van der Waals surface area contributed by atoms with Gasteiger partial charge in [-0.1, -0.05) is 26.0 Å². The maximum Gasteiger partial charge on any atom is 0.304 e. The second-order valence-corrected chi connectivity index (χ2v) is 5.64. The molecule has 0 aromatic carbocycles. The molecule has 4 heteroatoms. The summed E-state index contributed by atoms with van der Waals surface area (Å²) in [6.07, 6.45) is 5.30. The Morgan fingerprint density at radius 3 is 2.81 bits per heavy atom. The van der Waals surface area contributed by atoms with Crippen molar-refractivity contribution >= 4 is 11.8 Å². The van der Waals surface area contributed by atoms with Crippen LogP contribution in [0.25, 0.3) is 0 Å². The van der Waals surface area contributed by atoms with E-state index in [4.69, 9.17) is 5.11 Å². The zero-order chi connectivity index (χ0) is 15.8. The van der Waals surface area contributed by atoms with Crippen LogP contribution in [-0.2, 0) is 9.59 Å². The molecule has 21 heavy (non-hydrogen) atoms. The van der Waals surface area contributed by atoms with Gasteiger partial charge in [-0.15, -0.1) is 11.8 Å². The van der Waals surface area contributed by atoms with E-state index in [1.165, 1.54) is 0 Å². The number of rotatable bonds is 6. The van der Waals surface area contributed by atoms with E-state index in [1.54, 1.807) is 6.08 Å². The number of hydrogen-bond acceptors (Lipinski definition) is 3. The summed E-state index contributed by atoms with van der Waals surface area (Å²) in [5.41, 5.74) is 0. The molecule has 0 aromatic rings. The predicted molar refractivity (Wildman–Crippen MR) is 80.5 cm³/mol. The van der Waals surface area contributed by atoms with Gasteiger partial charge in [0.25, 0.3) is 0 Å². The van der Waals surface area contributed by atoms with Crippen molar-refractivity contribution in [3.63, 3.8) is 0 Å². The van der Waals surface area contributed by atoms with Gasteiger partial charge < -0.3 is 10.2 Å². The normalized spacial score (nSPS) is 26.6. The van der Waals surface area contributed by atoms with Crippen molar-refractivity contribution in [2.24, 2.45) is 17.8 Å². The van der Waals surface area contributed by atoms with Gasteiger partial charge >= 0.3 is 5.97 Å². The molecular formula is C17H24O4. The largest absolute Gasteiger partial charge is 0.481 e. The van der Waals surface area contributed by atoms with Crippen LogP contribution in [0.5, 0.6) is 0 Å². The topological polar surface area (TPSA) is 74.6 Å². The Labute approximate surface area is 126 Å². The van der Waals surface area contributed by atoms with Crippen molar-refractivity contribution in [3.8, 4) is 11.8 Å². The molecular weight excluding hydrogens is 268 g/mol. The van der Waals surface area contributed by atoms with Crippen LogP contribution in [-0.4, -0.2) is 28.1 Å². The second-order valence-electron chi connectivity index (χ2n) is 5.64. The number of Topliss-reactive ketones (excluding diaryl/α,β-unsaturated/α-hetero) is 1. The van der Waals surface area contributed by atoms with E-state index in [0.717, 1.165) is 0 Å². The number of aliphatic carboxylic acids is 1. The summed E-state index contributed by atoms with van der Waals surface area (Å²) < 4.78 is 0. The Morgan fingerprint density at radius 1 is 1.48 bits per heavy atom. The number of carbonyl (C=O) groups excluding carboxylic acids is 1. The Hall–Kier alpha value is -1.60. The van der Waals surface area contributed by atoms with Gasteiger partial charge in [0, 0.05) is 25.2 Å². The van der Waals surface area contributed by atoms with Crippen LogP contribution in [0.1, 0.15) is 46.0 Å². The molecule has 0 bridgehead atoms. The molecule has 4 unspecified atom stereocenters. The molecule has 1 saturated carbocycles. The van der Waals surface area contributed by atoms with Crippen molar-refractivity contribution in [1.29, 1.82) is 0 Å². The van der Waals surface area contributed by atoms with Crippen LogP contribution >= 0.6 is 0 Å². The molecule has 0 radical (unpaired) electrons. The molecule has 1 fully saturated rings. The molecule has 1 aliphatic rings. The average Bonchev–Trinajstić information content (AvgIpc) is 2.69. The third-order valence-electron chi connectivity index (χ3n) is 3.94. The maximum absolute atomic E-state index is 12.0. The first-order valence-electron chi connectivity index (χ1n) is 7.52. The Balaban J connectivity index is 2.61. The third-order valence-corrected chi connectivity index (χ3v) is 3.94. The molecule has 1 rings (SSSR count). The summed E-state index contributed by atoms with van der Waals surface area (Å²) in [5.74, 6) is 5.37. The summed E-state index contributed by atoms with van der Waals surface area (Å²) >= 11 is 0. The summed E-state index contributed by atoms with van der Waals surface area (Å²) in [7, 11) is 0. The Bertz CT molecular complexity index is 455. The van der Waals surface area contributed by atoms with E-state index >= 15 is 0 Å². The molecule has 1 aliphatic carbocycles. The number of hydrogen-bond donors (Lipinski definition) is 2. The summed E-state index contributed by atoms with van der Waals surface area (Å²) in [6.45, 7) is 3.95. The van der Waals surface area contributed by atoms with Crippen LogP contribution in [0.2, 0.25) is 0 Å². The van der Waals surface area contributed by atoms with Crippen molar-refractivity contribution in [1.82, 2.24) is 0 Å². The molecule has 0 heterocycles. The number of aliphatic hydroxyl groups excluding tert-OH is 1. The van der Waals surface area contributed by atoms with Gasteiger partial charge in [0.2, 0.25) is 0 Å². The van der Waals surface area contributed by atoms with Gasteiger partial charge in [-0.25, -0.2) is 0 Å². The first kappa shape index (κ1) is 17.5. The fourth-order valence-corrected chi connectivity index (χ4v) is 2.62. The fourth-order valence-electron chi connectivity index (χ4n) is 2.62. The zero-order valence-electron chi connectivity index (χ0n) is 12.7. The molecule has 0 amide bonds.